The molecule has 158 valence electrons. The maximum Gasteiger partial charge on any atom is 0.324 e. The first-order chi connectivity index (χ1) is 15.1. The second-order valence-electron chi connectivity index (χ2n) is 7.63. The number of anilines is 1. The highest BCUT2D eigenvalue weighted by Crippen LogP contribution is 2.20. The molecule has 1 unspecified atom stereocenters. The Morgan fingerprint density at radius 2 is 2.00 bits per heavy atom. The molecule has 4 rings (SSSR count). The summed E-state index contributed by atoms with van der Waals surface area (Å²) in [4.78, 5) is 25.3. The molecule has 2 N–H and O–H groups in total. The summed E-state index contributed by atoms with van der Waals surface area (Å²) >= 11 is 0. The average molecular weight is 415 g/mol. The highest BCUT2D eigenvalue weighted by Gasteiger charge is 2.20. The molecule has 0 spiro atoms. The normalized spacial score (nSPS) is 15.5. The van der Waals surface area contributed by atoms with Gasteiger partial charge in [-0.2, -0.15) is 0 Å². The van der Waals surface area contributed by atoms with E-state index < -0.39 is 0 Å². The van der Waals surface area contributed by atoms with Crippen molar-refractivity contribution in [3.05, 3.63) is 84.1 Å². The number of aromatic nitrogens is 3. The first kappa shape index (κ1) is 20.7. The van der Waals surface area contributed by atoms with Crippen LogP contribution in [0, 0.1) is 12.8 Å². The molecule has 3 aromatic rings. The molecule has 4 heterocycles. The first-order valence-corrected chi connectivity index (χ1v) is 10.2. The van der Waals surface area contributed by atoms with Crippen LogP contribution in [-0.4, -0.2) is 34.2 Å². The second kappa shape index (κ2) is 9.49. The van der Waals surface area contributed by atoms with Gasteiger partial charge in [0.15, 0.2) is 0 Å². The molecular weight excluding hydrogens is 390 g/mol. The summed E-state index contributed by atoms with van der Waals surface area (Å²) in [6, 6.07) is 11.5. The predicted molar refractivity (Wildman–Crippen MR) is 119 cm³/mol. The van der Waals surface area contributed by atoms with Crippen molar-refractivity contribution in [3.63, 3.8) is 0 Å². The van der Waals surface area contributed by atoms with Gasteiger partial charge in [-0.25, -0.2) is 9.78 Å². The van der Waals surface area contributed by atoms with Crippen LogP contribution in [0.1, 0.15) is 23.2 Å². The van der Waals surface area contributed by atoms with Crippen molar-refractivity contribution in [1.82, 2.24) is 20.3 Å². The Labute approximate surface area is 181 Å². The number of hydrogen-bond acceptors (Lipinski definition) is 5. The molecule has 7 heteroatoms. The minimum absolute atomic E-state index is 0.169. The largest absolute Gasteiger partial charge is 0.381 e. The smallest absolute Gasteiger partial charge is 0.324 e. The van der Waals surface area contributed by atoms with Gasteiger partial charge in [0.1, 0.15) is 5.82 Å². The maximum absolute atomic E-state index is 12.2. The van der Waals surface area contributed by atoms with E-state index in [1.165, 1.54) is 0 Å². The Hall–Kier alpha value is -3.58. The SMILES string of the molecule is C=C(NC(=O)Nc1ccc(Cc2ccnc(-c3ccnc(C)c3)c2)cn1)C1CCOC1. The van der Waals surface area contributed by atoms with Gasteiger partial charge in [0.25, 0.3) is 0 Å². The summed E-state index contributed by atoms with van der Waals surface area (Å²) in [5.41, 5.74) is 5.77. The number of carbonyl (C=O) groups is 1. The summed E-state index contributed by atoms with van der Waals surface area (Å²) in [6.45, 7) is 7.20. The molecule has 1 fully saturated rings. The molecule has 1 atom stereocenters. The van der Waals surface area contributed by atoms with Gasteiger partial charge in [0.05, 0.1) is 12.3 Å². The van der Waals surface area contributed by atoms with E-state index in [1.54, 1.807) is 18.5 Å². The number of aryl methyl sites for hydroxylation is 1. The third-order valence-electron chi connectivity index (χ3n) is 5.19. The van der Waals surface area contributed by atoms with Crippen LogP contribution in [0.5, 0.6) is 0 Å². The second-order valence-corrected chi connectivity index (χ2v) is 7.63. The zero-order chi connectivity index (χ0) is 21.6. The fourth-order valence-corrected chi connectivity index (χ4v) is 3.49. The fourth-order valence-electron chi connectivity index (χ4n) is 3.49. The van der Waals surface area contributed by atoms with Gasteiger partial charge in [0.2, 0.25) is 0 Å². The average Bonchev–Trinajstić information content (AvgIpc) is 3.31. The lowest BCUT2D eigenvalue weighted by atomic mass is 10.0. The molecule has 0 aromatic carbocycles. The van der Waals surface area contributed by atoms with Crippen molar-refractivity contribution in [1.29, 1.82) is 0 Å². The number of hydrogen-bond donors (Lipinski definition) is 2. The van der Waals surface area contributed by atoms with E-state index in [9.17, 15) is 4.79 Å². The lowest BCUT2D eigenvalue weighted by molar-refractivity contribution is 0.189. The highest BCUT2D eigenvalue weighted by molar-refractivity contribution is 5.89. The van der Waals surface area contributed by atoms with Gasteiger partial charge in [-0.05, 0) is 61.2 Å². The first-order valence-electron chi connectivity index (χ1n) is 10.2. The monoisotopic (exact) mass is 415 g/mol. The number of nitrogens with zero attached hydrogens (tertiary/aromatic N) is 3. The summed E-state index contributed by atoms with van der Waals surface area (Å²) in [5, 5.41) is 5.52. The molecule has 3 aromatic heterocycles. The number of rotatable bonds is 6. The Morgan fingerprint density at radius 3 is 2.74 bits per heavy atom. The van der Waals surface area contributed by atoms with Gasteiger partial charge in [-0.3, -0.25) is 15.3 Å². The quantitative estimate of drug-likeness (QED) is 0.632. The van der Waals surface area contributed by atoms with Crippen LogP contribution in [0.15, 0.2) is 67.3 Å². The van der Waals surface area contributed by atoms with Crippen LogP contribution in [-0.2, 0) is 11.2 Å². The Balaban J connectivity index is 1.36. The van der Waals surface area contributed by atoms with E-state index in [0.717, 1.165) is 40.9 Å². The highest BCUT2D eigenvalue weighted by atomic mass is 16.5. The van der Waals surface area contributed by atoms with Gasteiger partial charge < -0.3 is 10.1 Å². The predicted octanol–water partition coefficient (Wildman–Crippen LogP) is 4.11. The molecule has 0 radical (unpaired) electrons. The van der Waals surface area contributed by atoms with Crippen LogP contribution in [0.4, 0.5) is 10.6 Å². The number of pyridine rings is 3. The van der Waals surface area contributed by atoms with E-state index in [4.69, 9.17) is 4.74 Å². The van der Waals surface area contributed by atoms with Crippen molar-refractivity contribution in [3.8, 4) is 11.3 Å². The zero-order valence-corrected chi connectivity index (χ0v) is 17.5. The standard InChI is InChI=1S/C24H25N5O2/c1-16-11-20(6-9-25-16)22-13-18(5-8-26-22)12-19-3-4-23(27-14-19)29-24(30)28-17(2)21-7-10-31-15-21/h3-6,8-9,11,13-14,21H,2,7,10,12,15H2,1H3,(H2,27,28,29,30). The minimum atomic E-state index is -0.344. The molecule has 31 heavy (non-hydrogen) atoms. The third kappa shape index (κ3) is 5.52. The summed E-state index contributed by atoms with van der Waals surface area (Å²) < 4.78 is 5.33. The van der Waals surface area contributed by atoms with E-state index in [1.807, 2.05) is 37.4 Å². The Bertz CT molecular complexity index is 1080. The van der Waals surface area contributed by atoms with E-state index in [0.29, 0.717) is 24.7 Å². The summed E-state index contributed by atoms with van der Waals surface area (Å²) in [7, 11) is 0. The zero-order valence-electron chi connectivity index (χ0n) is 17.5. The van der Waals surface area contributed by atoms with Crippen LogP contribution >= 0.6 is 0 Å². The molecular formula is C24H25N5O2. The van der Waals surface area contributed by atoms with Crippen molar-refractivity contribution < 1.29 is 9.53 Å². The van der Waals surface area contributed by atoms with Crippen LogP contribution in [0.3, 0.4) is 0 Å². The van der Waals surface area contributed by atoms with Gasteiger partial charge >= 0.3 is 6.03 Å². The van der Waals surface area contributed by atoms with Crippen LogP contribution in [0.25, 0.3) is 11.3 Å². The molecule has 0 bridgehead atoms. The molecule has 0 saturated carbocycles. The Kier molecular flexibility index (Phi) is 6.33. The van der Waals surface area contributed by atoms with Crippen LogP contribution < -0.4 is 10.6 Å². The summed E-state index contributed by atoms with van der Waals surface area (Å²) in [5.74, 6) is 0.654. The molecule has 1 aliphatic heterocycles. The number of carbonyl (C=O) groups excluding carboxylic acids is 1. The summed E-state index contributed by atoms with van der Waals surface area (Å²) in [6.07, 6.45) is 6.98. The van der Waals surface area contributed by atoms with E-state index in [2.05, 4.69) is 38.2 Å². The fraction of sp³-hybridized carbons (Fsp3) is 0.250. The minimum Gasteiger partial charge on any atom is -0.381 e. The topological polar surface area (TPSA) is 89.0 Å². The number of amides is 2. The molecule has 1 saturated heterocycles. The van der Waals surface area contributed by atoms with Crippen molar-refractivity contribution in [2.75, 3.05) is 18.5 Å². The lowest BCUT2D eigenvalue weighted by Gasteiger charge is -2.13. The number of ether oxygens (including phenoxy) is 1. The van der Waals surface area contributed by atoms with Gasteiger partial charge in [0, 0.05) is 48.1 Å². The lowest BCUT2D eigenvalue weighted by Crippen LogP contribution is -2.31. The molecule has 0 aliphatic carbocycles. The molecule has 7 nitrogen and oxygen atoms in total. The van der Waals surface area contributed by atoms with E-state index in [-0.39, 0.29) is 11.9 Å². The number of urea groups is 1. The van der Waals surface area contributed by atoms with E-state index >= 15 is 0 Å². The molecule has 2 amide bonds. The van der Waals surface area contributed by atoms with Gasteiger partial charge in [-0.15, -0.1) is 0 Å². The number of nitrogens with one attached hydrogen (secondary N) is 2. The van der Waals surface area contributed by atoms with Crippen molar-refractivity contribution in [2.24, 2.45) is 5.92 Å². The van der Waals surface area contributed by atoms with Crippen molar-refractivity contribution in [2.45, 2.75) is 19.8 Å². The molecule has 1 aliphatic rings. The van der Waals surface area contributed by atoms with Crippen molar-refractivity contribution >= 4 is 11.8 Å². The van der Waals surface area contributed by atoms with Gasteiger partial charge in [-0.1, -0.05) is 12.6 Å². The Morgan fingerprint density at radius 1 is 1.13 bits per heavy atom. The van der Waals surface area contributed by atoms with Crippen LogP contribution in [0.2, 0.25) is 0 Å². The maximum atomic E-state index is 12.2. The third-order valence-corrected chi connectivity index (χ3v) is 5.19.